The molecule has 0 radical (unpaired) electrons. The summed E-state index contributed by atoms with van der Waals surface area (Å²) in [6.45, 7) is 0.419. The van der Waals surface area contributed by atoms with Crippen LogP contribution in [0.4, 0.5) is 0 Å². The van der Waals surface area contributed by atoms with E-state index in [-0.39, 0.29) is 30.6 Å². The third-order valence-electron chi connectivity index (χ3n) is 3.39. The minimum absolute atomic E-state index is 0.0290. The molecule has 2 aromatic rings. The molecule has 2 aromatic heterocycles. The summed E-state index contributed by atoms with van der Waals surface area (Å²) in [7, 11) is -3.60. The van der Waals surface area contributed by atoms with Crippen molar-refractivity contribution in [2.75, 3.05) is 6.61 Å². The Bertz CT molecular complexity index is 689. The average molecular weight is 311 g/mol. The number of rotatable bonds is 7. The standard InChI is InChI=1S/C13H17N3O4S/c17-6-5-15-10-13(8-14-15)21(18,19)16(11-3-4-11)9-12-2-1-7-20-12/h1-2,7-8,10-11,17H,3-6,9H2. The minimum Gasteiger partial charge on any atom is -0.468 e. The molecule has 0 amide bonds. The highest BCUT2D eigenvalue weighted by molar-refractivity contribution is 7.89. The Labute approximate surface area is 122 Å². The first-order valence-corrected chi connectivity index (χ1v) is 8.23. The highest BCUT2D eigenvalue weighted by atomic mass is 32.2. The van der Waals surface area contributed by atoms with Crippen LogP contribution in [0.1, 0.15) is 18.6 Å². The third kappa shape index (κ3) is 3.02. The van der Waals surface area contributed by atoms with Crippen LogP contribution in [0.3, 0.4) is 0 Å². The molecule has 1 aliphatic carbocycles. The van der Waals surface area contributed by atoms with E-state index >= 15 is 0 Å². The molecule has 0 unspecified atom stereocenters. The van der Waals surface area contributed by atoms with E-state index < -0.39 is 10.0 Å². The fourth-order valence-corrected chi connectivity index (χ4v) is 3.77. The first-order chi connectivity index (χ1) is 10.1. The number of hydrogen-bond donors (Lipinski definition) is 1. The van der Waals surface area contributed by atoms with E-state index in [2.05, 4.69) is 5.10 Å². The van der Waals surface area contributed by atoms with Crippen LogP contribution in [-0.2, 0) is 23.1 Å². The van der Waals surface area contributed by atoms with E-state index in [0.29, 0.717) is 5.76 Å². The molecule has 3 rings (SSSR count). The van der Waals surface area contributed by atoms with Gasteiger partial charge in [0.2, 0.25) is 10.0 Å². The number of aliphatic hydroxyl groups is 1. The van der Waals surface area contributed by atoms with E-state index in [4.69, 9.17) is 9.52 Å². The highest BCUT2D eigenvalue weighted by Crippen LogP contribution is 2.33. The van der Waals surface area contributed by atoms with Crippen LogP contribution in [-0.4, -0.2) is 40.3 Å². The summed E-state index contributed by atoms with van der Waals surface area (Å²) in [5.74, 6) is 0.619. The maximum absolute atomic E-state index is 12.7. The maximum atomic E-state index is 12.7. The molecule has 114 valence electrons. The molecule has 0 aliphatic heterocycles. The fourth-order valence-electron chi connectivity index (χ4n) is 2.17. The zero-order valence-corrected chi connectivity index (χ0v) is 12.2. The molecule has 7 nitrogen and oxygen atoms in total. The van der Waals surface area contributed by atoms with Gasteiger partial charge in [-0.15, -0.1) is 0 Å². The second-order valence-electron chi connectivity index (χ2n) is 5.02. The second-order valence-corrected chi connectivity index (χ2v) is 6.91. The summed E-state index contributed by atoms with van der Waals surface area (Å²) < 4.78 is 33.6. The van der Waals surface area contributed by atoms with Crippen LogP contribution < -0.4 is 0 Å². The van der Waals surface area contributed by atoms with Gasteiger partial charge in [-0.2, -0.15) is 9.40 Å². The van der Waals surface area contributed by atoms with E-state index in [1.807, 2.05) is 0 Å². The monoisotopic (exact) mass is 311 g/mol. The van der Waals surface area contributed by atoms with Gasteiger partial charge in [-0.05, 0) is 25.0 Å². The molecule has 1 aliphatic rings. The van der Waals surface area contributed by atoms with Gasteiger partial charge >= 0.3 is 0 Å². The molecule has 0 spiro atoms. The molecule has 0 atom stereocenters. The number of hydrogen-bond acceptors (Lipinski definition) is 5. The van der Waals surface area contributed by atoms with E-state index in [9.17, 15) is 8.42 Å². The Hall–Kier alpha value is -1.64. The Morgan fingerprint density at radius 3 is 2.90 bits per heavy atom. The summed E-state index contributed by atoms with van der Waals surface area (Å²) in [6.07, 6.45) is 6.04. The lowest BCUT2D eigenvalue weighted by molar-refractivity contribution is 0.269. The molecule has 1 saturated carbocycles. The molecule has 8 heteroatoms. The van der Waals surface area contributed by atoms with Gasteiger partial charge in [0.1, 0.15) is 10.7 Å². The van der Waals surface area contributed by atoms with Crippen LogP contribution in [0.2, 0.25) is 0 Å². The first-order valence-electron chi connectivity index (χ1n) is 6.79. The van der Waals surface area contributed by atoms with Crippen molar-refractivity contribution in [2.45, 2.75) is 36.9 Å². The van der Waals surface area contributed by atoms with Crippen LogP contribution in [0.15, 0.2) is 40.1 Å². The smallest absolute Gasteiger partial charge is 0.246 e. The molecular formula is C13H17N3O4S. The Morgan fingerprint density at radius 2 is 2.29 bits per heavy atom. The van der Waals surface area contributed by atoms with E-state index in [1.165, 1.54) is 27.6 Å². The van der Waals surface area contributed by atoms with Gasteiger partial charge < -0.3 is 9.52 Å². The van der Waals surface area contributed by atoms with Crippen molar-refractivity contribution >= 4 is 10.0 Å². The molecule has 0 bridgehead atoms. The van der Waals surface area contributed by atoms with Crippen molar-refractivity contribution in [3.05, 3.63) is 36.5 Å². The Balaban J connectivity index is 1.85. The lowest BCUT2D eigenvalue weighted by Crippen LogP contribution is -2.32. The van der Waals surface area contributed by atoms with Crippen LogP contribution in [0, 0.1) is 0 Å². The topological polar surface area (TPSA) is 88.6 Å². The van der Waals surface area contributed by atoms with Crippen molar-refractivity contribution in [3.8, 4) is 0 Å². The zero-order chi connectivity index (χ0) is 14.9. The average Bonchev–Trinajstić information content (AvgIpc) is 2.96. The van der Waals surface area contributed by atoms with Crippen molar-refractivity contribution in [3.63, 3.8) is 0 Å². The lowest BCUT2D eigenvalue weighted by Gasteiger charge is -2.19. The quantitative estimate of drug-likeness (QED) is 0.818. The van der Waals surface area contributed by atoms with Gasteiger partial charge in [-0.25, -0.2) is 8.42 Å². The Morgan fingerprint density at radius 1 is 1.48 bits per heavy atom. The predicted octanol–water partition coefficient (Wildman–Crippen LogP) is 0.822. The third-order valence-corrected chi connectivity index (χ3v) is 5.24. The number of nitrogens with zero attached hydrogens (tertiary/aromatic N) is 3. The number of aromatic nitrogens is 2. The van der Waals surface area contributed by atoms with Gasteiger partial charge in [-0.1, -0.05) is 0 Å². The van der Waals surface area contributed by atoms with Gasteiger partial charge in [0.05, 0.1) is 32.2 Å². The number of aliphatic hydroxyl groups excluding tert-OH is 1. The number of sulfonamides is 1. The van der Waals surface area contributed by atoms with Crippen molar-refractivity contribution in [2.24, 2.45) is 0 Å². The molecule has 0 aromatic carbocycles. The van der Waals surface area contributed by atoms with Crippen LogP contribution >= 0.6 is 0 Å². The molecule has 21 heavy (non-hydrogen) atoms. The normalized spacial score (nSPS) is 15.7. The first kappa shape index (κ1) is 14.3. The molecule has 0 saturated heterocycles. The maximum Gasteiger partial charge on any atom is 0.246 e. The molecule has 1 N–H and O–H groups in total. The van der Waals surface area contributed by atoms with Crippen molar-refractivity contribution < 1.29 is 17.9 Å². The van der Waals surface area contributed by atoms with Gasteiger partial charge in [-0.3, -0.25) is 4.68 Å². The van der Waals surface area contributed by atoms with E-state index in [0.717, 1.165) is 12.8 Å². The fraction of sp³-hybridized carbons (Fsp3) is 0.462. The summed E-state index contributed by atoms with van der Waals surface area (Å²) >= 11 is 0. The number of furan rings is 1. The summed E-state index contributed by atoms with van der Waals surface area (Å²) in [5, 5.41) is 12.8. The molecular weight excluding hydrogens is 294 g/mol. The molecule has 1 fully saturated rings. The highest BCUT2D eigenvalue weighted by Gasteiger charge is 2.39. The van der Waals surface area contributed by atoms with Gasteiger partial charge in [0, 0.05) is 12.2 Å². The summed E-state index contributed by atoms with van der Waals surface area (Å²) in [5.41, 5.74) is 0. The second kappa shape index (κ2) is 5.63. The van der Waals surface area contributed by atoms with Gasteiger partial charge in [0.25, 0.3) is 0 Å². The largest absolute Gasteiger partial charge is 0.468 e. The Kier molecular flexibility index (Phi) is 3.83. The lowest BCUT2D eigenvalue weighted by atomic mass is 10.4. The summed E-state index contributed by atoms with van der Waals surface area (Å²) in [4.78, 5) is 0.148. The van der Waals surface area contributed by atoms with Gasteiger partial charge in [0.15, 0.2) is 0 Å². The van der Waals surface area contributed by atoms with Crippen LogP contribution in [0.25, 0.3) is 0 Å². The minimum atomic E-state index is -3.60. The van der Waals surface area contributed by atoms with Crippen molar-refractivity contribution in [1.29, 1.82) is 0 Å². The van der Waals surface area contributed by atoms with Crippen LogP contribution in [0.5, 0.6) is 0 Å². The predicted molar refractivity (Wildman–Crippen MR) is 73.8 cm³/mol. The SMILES string of the molecule is O=S(=O)(c1cnn(CCO)c1)N(Cc1ccco1)C1CC1. The zero-order valence-electron chi connectivity index (χ0n) is 11.4. The molecule has 2 heterocycles. The van der Waals surface area contributed by atoms with E-state index in [1.54, 1.807) is 12.1 Å². The van der Waals surface area contributed by atoms with Crippen molar-refractivity contribution in [1.82, 2.24) is 14.1 Å². The summed E-state index contributed by atoms with van der Waals surface area (Å²) in [6, 6.07) is 3.54.